The van der Waals surface area contributed by atoms with Gasteiger partial charge in [-0.3, -0.25) is 9.59 Å². The lowest BCUT2D eigenvalue weighted by Crippen LogP contribution is -1.93. The average Bonchev–Trinajstić information content (AvgIpc) is 2.58. The van der Waals surface area contributed by atoms with Gasteiger partial charge in [0.25, 0.3) is 0 Å². The molecule has 0 bridgehead atoms. The van der Waals surface area contributed by atoms with Gasteiger partial charge in [-0.2, -0.15) is 0 Å². The number of benzene rings is 2. The predicted molar refractivity (Wildman–Crippen MR) is 87.9 cm³/mol. The lowest BCUT2D eigenvalue weighted by atomic mass is 10.0. The van der Waals surface area contributed by atoms with Crippen LogP contribution in [0.4, 0.5) is 0 Å². The molecule has 0 radical (unpaired) electrons. The fraction of sp³-hybridized carbons (Fsp3) is 0.0526. The molecule has 0 aliphatic carbocycles. The van der Waals surface area contributed by atoms with Crippen LogP contribution in [0.3, 0.4) is 0 Å². The smallest absolute Gasteiger partial charge is 0.185 e. The molecule has 3 nitrogen and oxygen atoms in total. The van der Waals surface area contributed by atoms with E-state index in [4.69, 9.17) is 4.74 Å². The van der Waals surface area contributed by atoms with Crippen LogP contribution in [0.5, 0.6) is 5.75 Å². The maximum absolute atomic E-state index is 12.1. The van der Waals surface area contributed by atoms with Crippen molar-refractivity contribution in [3.8, 4) is 5.75 Å². The molecule has 0 amide bonds. The molecule has 2 aromatic carbocycles. The highest BCUT2D eigenvalue weighted by Crippen LogP contribution is 2.20. The summed E-state index contributed by atoms with van der Waals surface area (Å²) in [5.74, 6) is 0.615. The minimum Gasteiger partial charge on any atom is -0.497 e. The zero-order chi connectivity index (χ0) is 15.8. The molecule has 2 rings (SSSR count). The van der Waals surface area contributed by atoms with Crippen LogP contribution in [0.2, 0.25) is 0 Å². The average molecular weight is 292 g/mol. The molecule has 2 aromatic rings. The third-order valence-corrected chi connectivity index (χ3v) is 3.12. The predicted octanol–water partition coefficient (Wildman–Crippen LogP) is 3.80. The largest absolute Gasteiger partial charge is 0.497 e. The van der Waals surface area contributed by atoms with Crippen LogP contribution in [0.15, 0.2) is 60.7 Å². The van der Waals surface area contributed by atoms with Crippen LogP contribution < -0.4 is 4.74 Å². The normalized spacial score (nSPS) is 11.0. The molecule has 22 heavy (non-hydrogen) atoms. The van der Waals surface area contributed by atoms with E-state index in [9.17, 15) is 9.59 Å². The van der Waals surface area contributed by atoms with Gasteiger partial charge in [-0.05, 0) is 35.4 Å². The molecule has 110 valence electrons. The van der Waals surface area contributed by atoms with E-state index in [1.54, 1.807) is 37.5 Å². The topological polar surface area (TPSA) is 43.4 Å². The number of hydrogen-bond acceptors (Lipinski definition) is 3. The lowest BCUT2D eigenvalue weighted by Gasteiger charge is -2.05. The van der Waals surface area contributed by atoms with Crippen molar-refractivity contribution in [2.24, 2.45) is 0 Å². The Morgan fingerprint density at radius 1 is 1.00 bits per heavy atom. The fourth-order valence-electron chi connectivity index (χ4n) is 1.98. The quantitative estimate of drug-likeness (QED) is 0.462. The molecule has 0 heterocycles. The van der Waals surface area contributed by atoms with Crippen molar-refractivity contribution < 1.29 is 14.3 Å². The first kappa shape index (κ1) is 15.4. The van der Waals surface area contributed by atoms with Crippen LogP contribution in [0.25, 0.3) is 12.2 Å². The van der Waals surface area contributed by atoms with Gasteiger partial charge in [-0.15, -0.1) is 0 Å². The first-order valence-corrected chi connectivity index (χ1v) is 6.82. The molecular formula is C19H16O3. The number of carbonyl (C=O) groups excluding carboxylic acids is 2. The van der Waals surface area contributed by atoms with Crippen molar-refractivity contribution in [3.05, 3.63) is 77.4 Å². The number of carbonyl (C=O) groups is 2. The second-order valence-corrected chi connectivity index (χ2v) is 4.55. The summed E-state index contributed by atoms with van der Waals surface area (Å²) < 4.78 is 5.19. The van der Waals surface area contributed by atoms with Gasteiger partial charge in [-0.25, -0.2) is 0 Å². The number of ether oxygens (including phenoxy) is 1. The Balaban J connectivity index is 2.30. The summed E-state index contributed by atoms with van der Waals surface area (Å²) in [6, 6.07) is 14.5. The lowest BCUT2D eigenvalue weighted by molar-refractivity contribution is -0.104. The molecule has 0 fully saturated rings. The Hall–Kier alpha value is -2.94. The summed E-state index contributed by atoms with van der Waals surface area (Å²) >= 11 is 0. The first-order chi connectivity index (χ1) is 10.7. The van der Waals surface area contributed by atoms with E-state index in [2.05, 4.69) is 0 Å². The van der Waals surface area contributed by atoms with Gasteiger partial charge in [0, 0.05) is 5.56 Å². The molecule has 0 saturated carbocycles. The van der Waals surface area contributed by atoms with Gasteiger partial charge in [-0.1, -0.05) is 48.6 Å². The van der Waals surface area contributed by atoms with Crippen molar-refractivity contribution >= 4 is 24.2 Å². The number of hydrogen-bond donors (Lipinski definition) is 0. The van der Waals surface area contributed by atoms with Crippen molar-refractivity contribution in [1.82, 2.24) is 0 Å². The maximum atomic E-state index is 12.1. The van der Waals surface area contributed by atoms with Gasteiger partial charge in [0.2, 0.25) is 0 Å². The SMILES string of the molecule is COc1ccc(/C=C/C=O)c(/C=C/C(=O)c2ccccc2)c1. The second-order valence-electron chi connectivity index (χ2n) is 4.55. The van der Waals surface area contributed by atoms with Crippen LogP contribution in [0, 0.1) is 0 Å². The molecule has 0 unspecified atom stereocenters. The number of aldehydes is 1. The van der Waals surface area contributed by atoms with E-state index in [0.717, 1.165) is 11.1 Å². The molecule has 3 heteroatoms. The van der Waals surface area contributed by atoms with E-state index in [0.29, 0.717) is 17.6 Å². The number of rotatable bonds is 6. The summed E-state index contributed by atoms with van der Waals surface area (Å²) in [6.07, 6.45) is 7.06. The summed E-state index contributed by atoms with van der Waals surface area (Å²) in [4.78, 5) is 22.6. The Morgan fingerprint density at radius 2 is 1.77 bits per heavy atom. The highest BCUT2D eigenvalue weighted by atomic mass is 16.5. The van der Waals surface area contributed by atoms with Gasteiger partial charge in [0.1, 0.15) is 12.0 Å². The third-order valence-electron chi connectivity index (χ3n) is 3.12. The van der Waals surface area contributed by atoms with E-state index >= 15 is 0 Å². The molecule has 0 aliphatic rings. The molecule has 0 aliphatic heterocycles. The second kappa shape index (κ2) is 7.74. The van der Waals surface area contributed by atoms with E-state index in [1.165, 1.54) is 12.2 Å². The van der Waals surface area contributed by atoms with E-state index in [-0.39, 0.29) is 5.78 Å². The van der Waals surface area contributed by atoms with Gasteiger partial charge >= 0.3 is 0 Å². The number of methoxy groups -OCH3 is 1. The van der Waals surface area contributed by atoms with Crippen molar-refractivity contribution in [2.75, 3.05) is 7.11 Å². The zero-order valence-corrected chi connectivity index (χ0v) is 12.2. The van der Waals surface area contributed by atoms with Gasteiger partial charge in [0.05, 0.1) is 7.11 Å². The van der Waals surface area contributed by atoms with Crippen molar-refractivity contribution in [1.29, 1.82) is 0 Å². The Bertz CT molecular complexity index is 713. The van der Waals surface area contributed by atoms with Crippen LogP contribution in [-0.4, -0.2) is 19.2 Å². The molecule has 0 aromatic heterocycles. The molecular weight excluding hydrogens is 276 g/mol. The van der Waals surface area contributed by atoms with Crippen LogP contribution in [0.1, 0.15) is 21.5 Å². The molecule has 0 saturated heterocycles. The monoisotopic (exact) mass is 292 g/mol. The van der Waals surface area contributed by atoms with Gasteiger partial charge < -0.3 is 4.74 Å². The number of allylic oxidation sites excluding steroid dienone is 2. The summed E-state index contributed by atoms with van der Waals surface area (Å²) in [5.41, 5.74) is 2.28. The summed E-state index contributed by atoms with van der Waals surface area (Å²) in [5, 5.41) is 0. The zero-order valence-electron chi connectivity index (χ0n) is 12.2. The van der Waals surface area contributed by atoms with E-state index < -0.39 is 0 Å². The highest BCUT2D eigenvalue weighted by molar-refractivity contribution is 6.07. The van der Waals surface area contributed by atoms with Crippen LogP contribution in [-0.2, 0) is 4.79 Å². The van der Waals surface area contributed by atoms with Gasteiger partial charge in [0.15, 0.2) is 5.78 Å². The summed E-state index contributed by atoms with van der Waals surface area (Å²) in [7, 11) is 1.58. The van der Waals surface area contributed by atoms with Crippen molar-refractivity contribution in [2.45, 2.75) is 0 Å². The van der Waals surface area contributed by atoms with Crippen LogP contribution >= 0.6 is 0 Å². The Morgan fingerprint density at radius 3 is 2.45 bits per heavy atom. The Labute approximate surface area is 129 Å². The minimum atomic E-state index is -0.0752. The highest BCUT2D eigenvalue weighted by Gasteiger charge is 2.02. The molecule has 0 spiro atoms. The molecule has 0 atom stereocenters. The third kappa shape index (κ3) is 4.03. The Kier molecular flexibility index (Phi) is 5.44. The standard InChI is InChI=1S/C19H16O3/c1-22-18-11-9-15(8-5-13-20)17(14-18)10-12-19(21)16-6-3-2-4-7-16/h2-14H,1H3/b8-5+,12-10+. The molecule has 0 N–H and O–H groups in total. The fourth-order valence-corrected chi connectivity index (χ4v) is 1.98. The maximum Gasteiger partial charge on any atom is 0.185 e. The van der Waals surface area contributed by atoms with Crippen molar-refractivity contribution in [3.63, 3.8) is 0 Å². The van der Waals surface area contributed by atoms with E-state index in [1.807, 2.05) is 30.3 Å². The number of ketones is 1. The summed E-state index contributed by atoms with van der Waals surface area (Å²) in [6.45, 7) is 0. The minimum absolute atomic E-state index is 0.0752. The first-order valence-electron chi connectivity index (χ1n) is 6.82.